The summed E-state index contributed by atoms with van der Waals surface area (Å²) in [5, 5.41) is 4.34. The molecule has 2 N–H and O–H groups in total. The van der Waals surface area contributed by atoms with Gasteiger partial charge in [-0.1, -0.05) is 28.1 Å². The molecule has 0 aliphatic heterocycles. The van der Waals surface area contributed by atoms with E-state index < -0.39 is 0 Å². The number of methoxy groups -OCH3 is 1. The number of hydrogen-bond acceptors (Lipinski definition) is 3. The summed E-state index contributed by atoms with van der Waals surface area (Å²) in [5.41, 5.74) is 8.78. The molecule has 0 bridgehead atoms. The van der Waals surface area contributed by atoms with E-state index in [-0.39, 0.29) is 0 Å². The first-order valence-corrected chi connectivity index (χ1v) is 5.98. The monoisotopic (exact) mass is 295 g/mol. The number of nitrogens with two attached hydrogens (primary N) is 1. The smallest absolute Gasteiger partial charge is 0.121 e. The Morgan fingerprint density at radius 3 is 2.71 bits per heavy atom. The Morgan fingerprint density at radius 1 is 1.41 bits per heavy atom. The molecule has 5 heteroatoms. The zero-order valence-electron chi connectivity index (χ0n) is 9.77. The summed E-state index contributed by atoms with van der Waals surface area (Å²) >= 11 is 3.52. The van der Waals surface area contributed by atoms with Gasteiger partial charge in [-0.05, 0) is 11.6 Å². The van der Waals surface area contributed by atoms with Gasteiger partial charge in [0.25, 0.3) is 0 Å². The predicted molar refractivity (Wildman–Crippen MR) is 71.5 cm³/mol. The maximum atomic E-state index is 5.76. The first kappa shape index (κ1) is 12.1. The number of aryl methyl sites for hydroxylation is 1. The van der Waals surface area contributed by atoms with Crippen LogP contribution in [0.15, 0.2) is 28.7 Å². The van der Waals surface area contributed by atoms with E-state index in [4.69, 9.17) is 10.5 Å². The van der Waals surface area contributed by atoms with Crippen molar-refractivity contribution >= 4 is 21.7 Å². The molecule has 0 saturated heterocycles. The van der Waals surface area contributed by atoms with Crippen LogP contribution in [0.5, 0.6) is 0 Å². The molecular formula is C12H14BrN3O. The fourth-order valence-corrected chi connectivity index (χ4v) is 2.10. The lowest BCUT2D eigenvalue weighted by Gasteiger charge is -2.04. The average Bonchev–Trinajstić information content (AvgIpc) is 2.62. The quantitative estimate of drug-likeness (QED) is 0.947. The number of aromatic nitrogens is 2. The highest BCUT2D eigenvalue weighted by atomic mass is 79.9. The van der Waals surface area contributed by atoms with Gasteiger partial charge in [-0.15, -0.1) is 0 Å². The standard InChI is InChI=1S/C12H14BrN3O/c1-16-12(14)6-11(15-16)8-3-4-9(7-17-2)10(13)5-8/h3-6H,7,14H2,1-2H3. The molecule has 17 heavy (non-hydrogen) atoms. The number of rotatable bonds is 3. The normalized spacial score (nSPS) is 10.8. The van der Waals surface area contributed by atoms with Gasteiger partial charge in [-0.3, -0.25) is 4.68 Å². The number of nitrogen functional groups attached to an aromatic ring is 1. The van der Waals surface area contributed by atoms with Crippen LogP contribution >= 0.6 is 15.9 Å². The number of hydrogen-bond donors (Lipinski definition) is 1. The summed E-state index contributed by atoms with van der Waals surface area (Å²) in [6.45, 7) is 0.589. The van der Waals surface area contributed by atoms with E-state index in [9.17, 15) is 0 Å². The van der Waals surface area contributed by atoms with Crippen molar-refractivity contribution in [3.8, 4) is 11.3 Å². The molecule has 0 spiro atoms. The van der Waals surface area contributed by atoms with Crippen molar-refractivity contribution in [3.05, 3.63) is 34.3 Å². The Labute approximate surface area is 109 Å². The highest BCUT2D eigenvalue weighted by Crippen LogP contribution is 2.26. The second-order valence-electron chi connectivity index (χ2n) is 3.82. The molecule has 0 radical (unpaired) electrons. The van der Waals surface area contributed by atoms with Crippen LogP contribution in [0, 0.1) is 0 Å². The Morgan fingerprint density at radius 2 is 2.18 bits per heavy atom. The molecule has 90 valence electrons. The molecular weight excluding hydrogens is 282 g/mol. The van der Waals surface area contributed by atoms with Gasteiger partial charge in [0.2, 0.25) is 0 Å². The molecule has 1 aromatic carbocycles. The van der Waals surface area contributed by atoms with Crippen LogP contribution in [0.1, 0.15) is 5.56 Å². The third-order valence-corrected chi connectivity index (χ3v) is 3.30. The fraction of sp³-hybridized carbons (Fsp3) is 0.250. The van der Waals surface area contributed by atoms with E-state index in [1.54, 1.807) is 11.8 Å². The van der Waals surface area contributed by atoms with Gasteiger partial charge in [0.05, 0.1) is 12.3 Å². The lowest BCUT2D eigenvalue weighted by Crippen LogP contribution is -1.96. The van der Waals surface area contributed by atoms with Crippen molar-refractivity contribution in [1.82, 2.24) is 9.78 Å². The Bertz CT molecular complexity index is 517. The summed E-state index contributed by atoms with van der Waals surface area (Å²) in [6, 6.07) is 7.92. The fourth-order valence-electron chi connectivity index (χ4n) is 1.60. The maximum Gasteiger partial charge on any atom is 0.121 e. The van der Waals surface area contributed by atoms with Crippen LogP contribution in [-0.2, 0) is 18.4 Å². The zero-order chi connectivity index (χ0) is 12.4. The molecule has 1 heterocycles. The second kappa shape index (κ2) is 4.89. The largest absolute Gasteiger partial charge is 0.384 e. The number of ether oxygens (including phenoxy) is 1. The minimum Gasteiger partial charge on any atom is -0.384 e. The SMILES string of the molecule is COCc1ccc(-c2cc(N)n(C)n2)cc1Br. The molecule has 0 fully saturated rings. The highest BCUT2D eigenvalue weighted by molar-refractivity contribution is 9.10. The van der Waals surface area contributed by atoms with E-state index in [1.807, 2.05) is 31.3 Å². The predicted octanol–water partition coefficient (Wildman–Crippen LogP) is 2.58. The van der Waals surface area contributed by atoms with Gasteiger partial charge in [0, 0.05) is 30.3 Å². The Hall–Kier alpha value is -1.33. The number of benzene rings is 1. The Balaban J connectivity index is 2.37. The topological polar surface area (TPSA) is 53.1 Å². The molecule has 0 aliphatic rings. The Kier molecular flexibility index (Phi) is 3.49. The first-order chi connectivity index (χ1) is 8.11. The molecule has 0 unspecified atom stereocenters. The molecule has 1 aromatic heterocycles. The minimum atomic E-state index is 0.589. The lowest BCUT2D eigenvalue weighted by molar-refractivity contribution is 0.184. The second-order valence-corrected chi connectivity index (χ2v) is 4.67. The third-order valence-electron chi connectivity index (χ3n) is 2.56. The summed E-state index contributed by atoms with van der Waals surface area (Å²) in [7, 11) is 3.51. The van der Waals surface area contributed by atoms with E-state index in [0.29, 0.717) is 12.4 Å². The number of anilines is 1. The van der Waals surface area contributed by atoms with Gasteiger partial charge >= 0.3 is 0 Å². The molecule has 0 atom stereocenters. The van der Waals surface area contributed by atoms with Gasteiger partial charge in [-0.2, -0.15) is 5.10 Å². The summed E-state index contributed by atoms with van der Waals surface area (Å²) in [4.78, 5) is 0. The van der Waals surface area contributed by atoms with E-state index >= 15 is 0 Å². The lowest BCUT2D eigenvalue weighted by atomic mass is 10.1. The van der Waals surface area contributed by atoms with Crippen molar-refractivity contribution in [2.24, 2.45) is 7.05 Å². The number of nitrogens with zero attached hydrogens (tertiary/aromatic N) is 2. The van der Waals surface area contributed by atoms with Gasteiger partial charge in [0.15, 0.2) is 0 Å². The average molecular weight is 296 g/mol. The maximum absolute atomic E-state index is 5.76. The van der Waals surface area contributed by atoms with E-state index in [0.717, 1.165) is 21.3 Å². The van der Waals surface area contributed by atoms with Crippen LogP contribution in [0.2, 0.25) is 0 Å². The molecule has 0 saturated carbocycles. The van der Waals surface area contributed by atoms with Crippen LogP contribution in [0.3, 0.4) is 0 Å². The minimum absolute atomic E-state index is 0.589. The van der Waals surface area contributed by atoms with Gasteiger partial charge < -0.3 is 10.5 Å². The zero-order valence-corrected chi connectivity index (χ0v) is 11.4. The van der Waals surface area contributed by atoms with Crippen molar-refractivity contribution in [1.29, 1.82) is 0 Å². The van der Waals surface area contributed by atoms with Crippen LogP contribution in [0.4, 0.5) is 5.82 Å². The van der Waals surface area contributed by atoms with Crippen molar-refractivity contribution in [2.45, 2.75) is 6.61 Å². The summed E-state index contributed by atoms with van der Waals surface area (Å²) in [5.74, 6) is 0.650. The van der Waals surface area contributed by atoms with E-state index in [2.05, 4.69) is 21.0 Å². The molecule has 2 aromatic rings. The highest BCUT2D eigenvalue weighted by Gasteiger charge is 2.07. The molecule has 2 rings (SSSR count). The molecule has 0 amide bonds. The van der Waals surface area contributed by atoms with Crippen molar-refractivity contribution < 1.29 is 4.74 Å². The van der Waals surface area contributed by atoms with Crippen molar-refractivity contribution in [3.63, 3.8) is 0 Å². The van der Waals surface area contributed by atoms with Gasteiger partial charge in [-0.25, -0.2) is 0 Å². The number of halogens is 1. The summed E-state index contributed by atoms with van der Waals surface area (Å²) < 4.78 is 7.78. The van der Waals surface area contributed by atoms with Gasteiger partial charge in [0.1, 0.15) is 5.82 Å². The summed E-state index contributed by atoms with van der Waals surface area (Å²) in [6.07, 6.45) is 0. The van der Waals surface area contributed by atoms with Crippen molar-refractivity contribution in [2.75, 3.05) is 12.8 Å². The molecule has 4 nitrogen and oxygen atoms in total. The van der Waals surface area contributed by atoms with Crippen LogP contribution in [-0.4, -0.2) is 16.9 Å². The molecule has 0 aliphatic carbocycles. The van der Waals surface area contributed by atoms with E-state index in [1.165, 1.54) is 0 Å². The van der Waals surface area contributed by atoms with Crippen LogP contribution in [0.25, 0.3) is 11.3 Å². The van der Waals surface area contributed by atoms with Crippen LogP contribution < -0.4 is 5.73 Å². The third kappa shape index (κ3) is 2.50. The first-order valence-electron chi connectivity index (χ1n) is 5.19.